The van der Waals surface area contributed by atoms with Gasteiger partial charge in [-0.1, -0.05) is 11.6 Å². The molecule has 6 nitrogen and oxygen atoms in total. The summed E-state index contributed by atoms with van der Waals surface area (Å²) in [5, 5.41) is 11.8. The summed E-state index contributed by atoms with van der Waals surface area (Å²) in [6.07, 6.45) is 1.36. The molecule has 0 aliphatic rings. The maximum absolute atomic E-state index is 13.2. The smallest absolute Gasteiger partial charge is 0.242 e. The normalized spacial score (nSPS) is 11.1. The number of aromatic nitrogens is 1. The first-order valence-corrected chi connectivity index (χ1v) is 8.95. The quantitative estimate of drug-likeness (QED) is 0.447. The minimum absolute atomic E-state index is 0.00509. The van der Waals surface area contributed by atoms with E-state index in [1.807, 2.05) is 12.1 Å². The standard InChI is InChI=1S/C18H15ClFN5OS/c1-22-9-24-13-5-6-15-16(27-18(25-15)17(21)26-2)11(13)8-23-14-4-3-10(20)7-12(14)19/h3-7,9,21,23H,1,8H2,2H3/b21-17?,24-9-. The molecule has 0 aliphatic heterocycles. The Bertz CT molecular complexity index is 1050. The van der Waals surface area contributed by atoms with E-state index in [9.17, 15) is 4.39 Å². The lowest BCUT2D eigenvalue weighted by molar-refractivity contribution is 0.401. The predicted molar refractivity (Wildman–Crippen MR) is 110 cm³/mol. The second-order valence-corrected chi connectivity index (χ2v) is 6.77. The van der Waals surface area contributed by atoms with Crippen LogP contribution in [0.25, 0.3) is 10.2 Å². The Morgan fingerprint density at radius 3 is 2.96 bits per heavy atom. The van der Waals surface area contributed by atoms with E-state index < -0.39 is 5.82 Å². The van der Waals surface area contributed by atoms with Crippen molar-refractivity contribution in [2.24, 2.45) is 9.98 Å². The Hall–Kier alpha value is -2.84. The number of nitrogens with zero attached hydrogens (tertiary/aromatic N) is 3. The largest absolute Gasteiger partial charge is 0.479 e. The molecular weight excluding hydrogens is 389 g/mol. The SMILES string of the molecule is C=N/C=N\c1ccc2nc(C(=N)OC)sc2c1CNc1ccc(F)cc1Cl. The van der Waals surface area contributed by atoms with Crippen LogP contribution in [0.1, 0.15) is 10.6 Å². The van der Waals surface area contributed by atoms with Gasteiger partial charge in [-0.3, -0.25) is 10.4 Å². The average Bonchev–Trinajstić information content (AvgIpc) is 3.10. The highest BCUT2D eigenvalue weighted by Gasteiger charge is 2.15. The molecule has 138 valence electrons. The highest BCUT2D eigenvalue weighted by molar-refractivity contribution is 7.20. The first-order chi connectivity index (χ1) is 13.0. The number of nitrogens with one attached hydrogen (secondary N) is 2. The maximum atomic E-state index is 13.2. The molecule has 0 unspecified atom stereocenters. The summed E-state index contributed by atoms with van der Waals surface area (Å²) in [6, 6.07) is 7.79. The third-order valence-corrected chi connectivity index (χ3v) is 5.14. The van der Waals surface area contributed by atoms with Crippen LogP contribution in [0.2, 0.25) is 5.02 Å². The van der Waals surface area contributed by atoms with E-state index in [0.717, 1.165) is 15.8 Å². The van der Waals surface area contributed by atoms with Crippen molar-refractivity contribution in [3.05, 3.63) is 51.7 Å². The van der Waals surface area contributed by atoms with E-state index in [1.165, 1.54) is 36.9 Å². The van der Waals surface area contributed by atoms with Gasteiger partial charge < -0.3 is 10.1 Å². The van der Waals surface area contributed by atoms with Crippen LogP contribution >= 0.6 is 22.9 Å². The molecule has 2 aromatic carbocycles. The number of hydrogen-bond donors (Lipinski definition) is 2. The van der Waals surface area contributed by atoms with Crippen LogP contribution < -0.4 is 5.32 Å². The lowest BCUT2D eigenvalue weighted by Gasteiger charge is -2.11. The van der Waals surface area contributed by atoms with Crippen molar-refractivity contribution in [1.29, 1.82) is 5.41 Å². The lowest BCUT2D eigenvalue weighted by atomic mass is 10.1. The van der Waals surface area contributed by atoms with Crippen molar-refractivity contribution >= 4 is 63.5 Å². The zero-order valence-electron chi connectivity index (χ0n) is 14.3. The van der Waals surface area contributed by atoms with Gasteiger partial charge in [-0.05, 0) is 37.0 Å². The number of thiazole rings is 1. The van der Waals surface area contributed by atoms with Gasteiger partial charge in [-0.15, -0.1) is 11.3 Å². The van der Waals surface area contributed by atoms with Crippen molar-refractivity contribution in [1.82, 2.24) is 4.98 Å². The summed E-state index contributed by atoms with van der Waals surface area (Å²) in [5.41, 5.74) is 2.85. The minimum atomic E-state index is -0.403. The van der Waals surface area contributed by atoms with Gasteiger partial charge in [-0.2, -0.15) is 0 Å². The van der Waals surface area contributed by atoms with Crippen molar-refractivity contribution in [2.45, 2.75) is 6.54 Å². The van der Waals surface area contributed by atoms with Gasteiger partial charge in [0.05, 0.1) is 33.7 Å². The zero-order valence-corrected chi connectivity index (χ0v) is 15.9. The summed E-state index contributed by atoms with van der Waals surface area (Å²) in [4.78, 5) is 12.4. The summed E-state index contributed by atoms with van der Waals surface area (Å²) >= 11 is 7.42. The Morgan fingerprint density at radius 2 is 2.26 bits per heavy atom. The van der Waals surface area contributed by atoms with Crippen molar-refractivity contribution in [3.63, 3.8) is 0 Å². The summed E-state index contributed by atoms with van der Waals surface area (Å²) < 4.78 is 19.1. The maximum Gasteiger partial charge on any atom is 0.242 e. The van der Waals surface area contributed by atoms with Gasteiger partial charge >= 0.3 is 0 Å². The number of hydrogen-bond acceptors (Lipinski definition) is 6. The van der Waals surface area contributed by atoms with Gasteiger partial charge in [0, 0.05) is 12.1 Å². The van der Waals surface area contributed by atoms with Gasteiger partial charge in [-0.25, -0.2) is 14.4 Å². The van der Waals surface area contributed by atoms with Crippen LogP contribution in [0.5, 0.6) is 0 Å². The van der Waals surface area contributed by atoms with Gasteiger partial charge in [0.15, 0.2) is 5.01 Å². The average molecular weight is 404 g/mol. The van der Waals surface area contributed by atoms with Crippen molar-refractivity contribution < 1.29 is 9.13 Å². The Balaban J connectivity index is 2.03. The molecule has 0 bridgehead atoms. The number of benzene rings is 2. The number of aliphatic imine (C=N–C) groups is 2. The first-order valence-electron chi connectivity index (χ1n) is 7.76. The van der Waals surface area contributed by atoms with E-state index in [1.54, 1.807) is 6.07 Å². The monoisotopic (exact) mass is 403 g/mol. The molecule has 1 heterocycles. The molecule has 3 rings (SSSR count). The lowest BCUT2D eigenvalue weighted by Crippen LogP contribution is -2.01. The van der Waals surface area contributed by atoms with Crippen LogP contribution in [-0.4, -0.2) is 31.0 Å². The summed E-state index contributed by atoms with van der Waals surface area (Å²) in [6.45, 7) is 3.77. The molecule has 9 heteroatoms. The van der Waals surface area contributed by atoms with Crippen molar-refractivity contribution in [3.8, 4) is 0 Å². The van der Waals surface area contributed by atoms with E-state index in [4.69, 9.17) is 21.7 Å². The molecule has 0 aliphatic carbocycles. The fourth-order valence-corrected chi connectivity index (χ4v) is 3.70. The van der Waals surface area contributed by atoms with E-state index in [0.29, 0.717) is 22.9 Å². The summed E-state index contributed by atoms with van der Waals surface area (Å²) in [7, 11) is 1.43. The number of fused-ring (bicyclic) bond motifs is 1. The van der Waals surface area contributed by atoms with E-state index in [-0.39, 0.29) is 10.9 Å². The fraction of sp³-hybridized carbons (Fsp3) is 0.111. The molecule has 0 fully saturated rings. The molecule has 2 N–H and O–H groups in total. The van der Waals surface area contributed by atoms with Crippen molar-refractivity contribution in [2.75, 3.05) is 12.4 Å². The van der Waals surface area contributed by atoms with E-state index >= 15 is 0 Å². The van der Waals surface area contributed by atoms with Crippen LogP contribution in [-0.2, 0) is 11.3 Å². The Morgan fingerprint density at radius 1 is 1.44 bits per heavy atom. The molecule has 27 heavy (non-hydrogen) atoms. The van der Waals surface area contributed by atoms with Gasteiger partial charge in [0.1, 0.15) is 12.2 Å². The van der Waals surface area contributed by atoms with Crippen LogP contribution in [0.15, 0.2) is 40.3 Å². The molecule has 3 aromatic rings. The summed E-state index contributed by atoms with van der Waals surface area (Å²) in [5.74, 6) is -0.408. The highest BCUT2D eigenvalue weighted by atomic mass is 35.5. The number of methoxy groups -OCH3 is 1. The molecule has 0 radical (unpaired) electrons. The van der Waals surface area contributed by atoms with E-state index in [2.05, 4.69) is 27.0 Å². The molecule has 0 amide bonds. The Labute approximate surface area is 163 Å². The van der Waals surface area contributed by atoms with Gasteiger partial charge in [0.25, 0.3) is 0 Å². The predicted octanol–water partition coefficient (Wildman–Crippen LogP) is 5.03. The zero-order chi connectivity index (χ0) is 19.4. The molecular formula is C18H15ClFN5OS. The van der Waals surface area contributed by atoms with Crippen LogP contribution in [0.3, 0.4) is 0 Å². The molecule has 0 saturated heterocycles. The fourth-order valence-electron chi connectivity index (χ4n) is 2.43. The van der Waals surface area contributed by atoms with Gasteiger partial charge in [0.2, 0.25) is 5.90 Å². The topological polar surface area (TPSA) is 82.7 Å². The molecule has 0 atom stereocenters. The third-order valence-electron chi connectivity index (χ3n) is 3.70. The number of rotatable bonds is 6. The molecule has 0 saturated carbocycles. The number of ether oxygens (including phenoxy) is 1. The van der Waals surface area contributed by atoms with Crippen LogP contribution in [0, 0.1) is 11.2 Å². The number of halogens is 2. The molecule has 0 spiro atoms. The highest BCUT2D eigenvalue weighted by Crippen LogP contribution is 2.34. The Kier molecular flexibility index (Phi) is 5.78. The molecule has 1 aromatic heterocycles. The second kappa shape index (κ2) is 8.24. The number of anilines is 1. The third kappa shape index (κ3) is 4.12. The minimum Gasteiger partial charge on any atom is -0.479 e. The first kappa shape index (κ1) is 18.9. The van der Waals surface area contributed by atoms with Crippen LogP contribution in [0.4, 0.5) is 15.8 Å². The second-order valence-electron chi connectivity index (χ2n) is 5.37.